The summed E-state index contributed by atoms with van der Waals surface area (Å²) >= 11 is 5.70. The van der Waals surface area contributed by atoms with E-state index in [9.17, 15) is 4.39 Å². The van der Waals surface area contributed by atoms with Crippen molar-refractivity contribution in [1.82, 2.24) is 15.6 Å². The second-order valence-electron chi connectivity index (χ2n) is 3.71. The maximum atomic E-state index is 11.9. The molecule has 0 aliphatic heterocycles. The van der Waals surface area contributed by atoms with Crippen LogP contribution in [-0.2, 0) is 6.42 Å². The van der Waals surface area contributed by atoms with Gasteiger partial charge in [-0.15, -0.1) is 24.0 Å². The van der Waals surface area contributed by atoms with E-state index in [-0.39, 0.29) is 30.7 Å². The molecule has 0 aromatic carbocycles. The van der Waals surface area contributed by atoms with Crippen LogP contribution in [0.5, 0.6) is 0 Å². The van der Waals surface area contributed by atoms with Crippen molar-refractivity contribution in [3.8, 4) is 0 Å². The van der Waals surface area contributed by atoms with Crippen LogP contribution in [0.3, 0.4) is 0 Å². The number of aliphatic imine (C=N–C) groups is 1. The highest BCUT2D eigenvalue weighted by Gasteiger charge is 1.98. The molecule has 1 aromatic rings. The summed E-state index contributed by atoms with van der Waals surface area (Å²) in [5.41, 5.74) is 1.10. The fourth-order valence-electron chi connectivity index (χ4n) is 1.37. The van der Waals surface area contributed by atoms with Gasteiger partial charge in [-0.05, 0) is 24.5 Å². The molecule has 7 heteroatoms. The van der Waals surface area contributed by atoms with Gasteiger partial charge in [0.2, 0.25) is 0 Å². The van der Waals surface area contributed by atoms with Crippen molar-refractivity contribution in [2.24, 2.45) is 4.99 Å². The first-order valence-electron chi connectivity index (χ1n) is 5.87. The summed E-state index contributed by atoms with van der Waals surface area (Å²) in [5.74, 6) is 0.686. The lowest BCUT2D eigenvalue weighted by Gasteiger charge is -2.11. The number of alkyl halides is 1. The van der Waals surface area contributed by atoms with E-state index in [0.29, 0.717) is 24.1 Å². The number of guanidine groups is 1. The number of hydrogen-bond donors (Lipinski definition) is 2. The first-order valence-corrected chi connectivity index (χ1v) is 6.25. The van der Waals surface area contributed by atoms with Crippen LogP contribution in [0.2, 0.25) is 5.15 Å². The second-order valence-corrected chi connectivity index (χ2v) is 4.09. The molecular formula is C12H19ClFIN4. The SMILES string of the molecule is CN=C(NCCCF)NCCc1ccc(Cl)nc1.I. The molecule has 0 fully saturated rings. The Morgan fingerprint density at radius 2 is 2.11 bits per heavy atom. The van der Waals surface area contributed by atoms with Crippen LogP contribution in [-0.4, -0.2) is 37.8 Å². The first kappa shape index (κ1) is 18.4. The topological polar surface area (TPSA) is 49.3 Å². The summed E-state index contributed by atoms with van der Waals surface area (Å²) in [5, 5.41) is 6.67. The van der Waals surface area contributed by atoms with Crippen LogP contribution in [0, 0.1) is 0 Å². The van der Waals surface area contributed by atoms with Crippen LogP contribution in [0.15, 0.2) is 23.3 Å². The summed E-state index contributed by atoms with van der Waals surface area (Å²) in [6.07, 6.45) is 3.07. The van der Waals surface area contributed by atoms with Gasteiger partial charge in [-0.1, -0.05) is 17.7 Å². The molecule has 0 saturated heterocycles. The molecule has 19 heavy (non-hydrogen) atoms. The lowest BCUT2D eigenvalue weighted by atomic mass is 10.2. The zero-order valence-electron chi connectivity index (χ0n) is 10.8. The highest BCUT2D eigenvalue weighted by atomic mass is 127. The van der Waals surface area contributed by atoms with E-state index >= 15 is 0 Å². The monoisotopic (exact) mass is 400 g/mol. The minimum absolute atomic E-state index is 0. The Morgan fingerprint density at radius 1 is 1.37 bits per heavy atom. The van der Waals surface area contributed by atoms with Gasteiger partial charge >= 0.3 is 0 Å². The molecule has 0 radical (unpaired) electrons. The molecular weight excluding hydrogens is 382 g/mol. The van der Waals surface area contributed by atoms with Crippen molar-refractivity contribution < 1.29 is 4.39 Å². The highest BCUT2D eigenvalue weighted by Crippen LogP contribution is 2.05. The Bertz CT molecular complexity index is 372. The predicted octanol–water partition coefficient (Wildman–Crippen LogP) is 2.42. The number of halogens is 3. The Kier molecular flexibility index (Phi) is 10.8. The van der Waals surface area contributed by atoms with Gasteiger partial charge in [-0.3, -0.25) is 9.38 Å². The van der Waals surface area contributed by atoms with Gasteiger partial charge in [-0.25, -0.2) is 4.98 Å². The minimum atomic E-state index is -0.319. The van der Waals surface area contributed by atoms with E-state index in [1.807, 2.05) is 6.07 Å². The number of nitrogens with zero attached hydrogens (tertiary/aromatic N) is 2. The van der Waals surface area contributed by atoms with Crippen LogP contribution in [0.1, 0.15) is 12.0 Å². The Morgan fingerprint density at radius 3 is 2.68 bits per heavy atom. The van der Waals surface area contributed by atoms with E-state index in [0.717, 1.165) is 18.5 Å². The van der Waals surface area contributed by atoms with Crippen molar-refractivity contribution in [2.75, 3.05) is 26.8 Å². The van der Waals surface area contributed by atoms with Crippen LogP contribution < -0.4 is 10.6 Å². The average Bonchev–Trinajstić information content (AvgIpc) is 2.39. The fraction of sp³-hybridized carbons (Fsp3) is 0.500. The van der Waals surface area contributed by atoms with Gasteiger partial charge in [0, 0.05) is 26.3 Å². The fourth-order valence-corrected chi connectivity index (χ4v) is 1.49. The zero-order chi connectivity index (χ0) is 13.2. The highest BCUT2D eigenvalue weighted by molar-refractivity contribution is 14.0. The van der Waals surface area contributed by atoms with E-state index < -0.39 is 0 Å². The lowest BCUT2D eigenvalue weighted by molar-refractivity contribution is 0.470. The quantitative estimate of drug-likeness (QED) is 0.253. The molecule has 0 amide bonds. The summed E-state index contributed by atoms with van der Waals surface area (Å²) in [4.78, 5) is 8.05. The van der Waals surface area contributed by atoms with Gasteiger partial charge in [0.1, 0.15) is 5.15 Å². The molecule has 1 heterocycles. The van der Waals surface area contributed by atoms with E-state index in [1.54, 1.807) is 19.3 Å². The maximum Gasteiger partial charge on any atom is 0.190 e. The molecule has 1 aromatic heterocycles. The lowest BCUT2D eigenvalue weighted by Crippen LogP contribution is -2.38. The molecule has 108 valence electrons. The molecule has 0 saturated carbocycles. The standard InChI is InChI=1S/C12H18ClFN4.HI/c1-15-12(16-7-2-6-14)17-8-5-10-3-4-11(13)18-9-10;/h3-4,9H,2,5-8H2,1H3,(H2,15,16,17);1H. The summed E-state index contributed by atoms with van der Waals surface area (Å²) in [7, 11) is 1.69. The normalized spacial score (nSPS) is 10.8. The number of nitrogens with one attached hydrogen (secondary N) is 2. The number of pyridine rings is 1. The van der Waals surface area contributed by atoms with Gasteiger partial charge in [0.15, 0.2) is 5.96 Å². The van der Waals surface area contributed by atoms with E-state index in [1.165, 1.54) is 0 Å². The van der Waals surface area contributed by atoms with Gasteiger partial charge in [0.25, 0.3) is 0 Å². The average molecular weight is 401 g/mol. The smallest absolute Gasteiger partial charge is 0.190 e. The Labute approximate surface area is 135 Å². The molecule has 0 spiro atoms. The molecule has 0 aliphatic rings. The molecule has 1 rings (SSSR count). The van der Waals surface area contributed by atoms with Crippen molar-refractivity contribution in [2.45, 2.75) is 12.8 Å². The van der Waals surface area contributed by atoms with Crippen LogP contribution >= 0.6 is 35.6 Å². The maximum absolute atomic E-state index is 11.9. The minimum Gasteiger partial charge on any atom is -0.356 e. The molecule has 4 nitrogen and oxygen atoms in total. The third kappa shape index (κ3) is 8.20. The predicted molar refractivity (Wildman–Crippen MR) is 88.3 cm³/mol. The molecule has 2 N–H and O–H groups in total. The van der Waals surface area contributed by atoms with Gasteiger partial charge in [-0.2, -0.15) is 0 Å². The van der Waals surface area contributed by atoms with Crippen LogP contribution in [0.25, 0.3) is 0 Å². The summed E-state index contributed by atoms with van der Waals surface area (Å²) in [6, 6.07) is 3.71. The van der Waals surface area contributed by atoms with Crippen molar-refractivity contribution in [3.05, 3.63) is 29.0 Å². The van der Waals surface area contributed by atoms with Gasteiger partial charge in [0.05, 0.1) is 6.67 Å². The number of hydrogen-bond acceptors (Lipinski definition) is 2. The van der Waals surface area contributed by atoms with E-state index in [4.69, 9.17) is 11.6 Å². The number of rotatable bonds is 6. The van der Waals surface area contributed by atoms with Crippen molar-refractivity contribution in [3.63, 3.8) is 0 Å². The largest absolute Gasteiger partial charge is 0.356 e. The molecule has 0 bridgehead atoms. The first-order chi connectivity index (χ1) is 8.76. The third-order valence-electron chi connectivity index (χ3n) is 2.32. The summed E-state index contributed by atoms with van der Waals surface area (Å²) < 4.78 is 11.9. The number of aromatic nitrogens is 1. The van der Waals surface area contributed by atoms with Crippen molar-refractivity contribution in [1.29, 1.82) is 0 Å². The third-order valence-corrected chi connectivity index (χ3v) is 2.54. The van der Waals surface area contributed by atoms with Gasteiger partial charge < -0.3 is 10.6 Å². The van der Waals surface area contributed by atoms with Crippen molar-refractivity contribution >= 4 is 41.5 Å². The van der Waals surface area contributed by atoms with E-state index in [2.05, 4.69) is 20.6 Å². The second kappa shape index (κ2) is 11.2. The molecule has 0 atom stereocenters. The zero-order valence-corrected chi connectivity index (χ0v) is 13.9. The Hall–Kier alpha value is -0.630. The molecule has 0 aliphatic carbocycles. The summed E-state index contributed by atoms with van der Waals surface area (Å²) in [6.45, 7) is 0.998. The molecule has 0 unspecified atom stereocenters. The van der Waals surface area contributed by atoms with Crippen LogP contribution in [0.4, 0.5) is 4.39 Å². The Balaban J connectivity index is 0.00000324.